The van der Waals surface area contributed by atoms with Crippen LogP contribution >= 0.6 is 0 Å². The normalized spacial score (nSPS) is 12.7. The third kappa shape index (κ3) is 24.5. The largest absolute Gasteiger partial charge is 0.352 e. The lowest BCUT2D eigenvalue weighted by Gasteiger charge is -1.79. The first-order chi connectivity index (χ1) is 6.75. The van der Waals surface area contributed by atoms with Crippen molar-refractivity contribution in [1.82, 2.24) is 5.32 Å². The zero-order valence-corrected chi connectivity index (χ0v) is 9.00. The molecule has 0 aromatic rings. The maximum atomic E-state index is 10.1. The minimum absolute atomic E-state index is 0.148. The topological polar surface area (TPSA) is 115 Å². The van der Waals surface area contributed by atoms with E-state index in [1.54, 1.807) is 0 Å². The molecule has 0 radical (unpaired) electrons. The van der Waals surface area contributed by atoms with Crippen molar-refractivity contribution in [2.75, 3.05) is 0 Å². The molecule has 86 valence electrons. The molecule has 0 bridgehead atoms. The zero-order chi connectivity index (χ0) is 12.4. The summed E-state index contributed by atoms with van der Waals surface area (Å²) in [6.07, 6.45) is 0.748. The molecule has 0 spiro atoms. The Labute approximate surface area is 88.7 Å². The average Bonchev–Trinajstić information content (AvgIpc) is 2.31. The summed E-state index contributed by atoms with van der Waals surface area (Å²) in [6, 6.07) is -0.833. The van der Waals surface area contributed by atoms with Crippen molar-refractivity contribution in [2.45, 2.75) is 26.7 Å². The SMILES string of the molecule is C=C(C)C.NC(N)=O.O=C1CCC(=O)N1. The Bertz CT molecular complexity index is 227. The molecule has 1 aliphatic heterocycles. The van der Waals surface area contributed by atoms with Crippen LogP contribution in [-0.4, -0.2) is 17.8 Å². The number of primary amides is 2. The van der Waals surface area contributed by atoms with Crippen molar-refractivity contribution >= 4 is 17.8 Å². The van der Waals surface area contributed by atoms with Gasteiger partial charge in [-0.1, -0.05) is 5.57 Å². The van der Waals surface area contributed by atoms with Crippen molar-refractivity contribution in [2.24, 2.45) is 11.5 Å². The van der Waals surface area contributed by atoms with Gasteiger partial charge in [0.25, 0.3) is 0 Å². The highest BCUT2D eigenvalue weighted by molar-refractivity contribution is 6.01. The summed E-state index contributed by atoms with van der Waals surface area (Å²) >= 11 is 0. The lowest BCUT2D eigenvalue weighted by molar-refractivity contribution is -0.124. The Morgan fingerprint density at radius 3 is 1.47 bits per heavy atom. The summed E-state index contributed by atoms with van der Waals surface area (Å²) in [5, 5.41) is 2.14. The highest BCUT2D eigenvalue weighted by atomic mass is 16.2. The molecule has 0 unspecified atom stereocenters. The van der Waals surface area contributed by atoms with Crippen LogP contribution in [0, 0.1) is 0 Å². The van der Waals surface area contributed by atoms with Gasteiger partial charge in [0.05, 0.1) is 0 Å². The lowest BCUT2D eigenvalue weighted by atomic mass is 10.4. The first-order valence-electron chi connectivity index (χ1n) is 4.25. The second-order valence-corrected chi connectivity index (χ2v) is 3.08. The molecule has 1 saturated heterocycles. The molecule has 1 aliphatic rings. The van der Waals surface area contributed by atoms with E-state index in [0.29, 0.717) is 12.8 Å². The number of rotatable bonds is 0. The molecule has 5 N–H and O–H groups in total. The van der Waals surface area contributed by atoms with Crippen molar-refractivity contribution < 1.29 is 14.4 Å². The predicted octanol–water partition coefficient (Wildman–Crippen LogP) is 0.0292. The Hall–Kier alpha value is -1.85. The molecule has 6 nitrogen and oxygen atoms in total. The van der Waals surface area contributed by atoms with E-state index in [4.69, 9.17) is 4.79 Å². The fraction of sp³-hybridized carbons (Fsp3) is 0.444. The van der Waals surface area contributed by atoms with E-state index in [-0.39, 0.29) is 11.8 Å². The molecular formula is C9H17N3O3. The molecule has 1 fully saturated rings. The smallest absolute Gasteiger partial charge is 0.309 e. The molecule has 4 amide bonds. The number of nitrogens with one attached hydrogen (secondary N) is 1. The Kier molecular flexibility index (Phi) is 9.09. The number of hydrogen-bond acceptors (Lipinski definition) is 3. The molecule has 0 aliphatic carbocycles. The second-order valence-electron chi connectivity index (χ2n) is 3.08. The fourth-order valence-electron chi connectivity index (χ4n) is 0.508. The van der Waals surface area contributed by atoms with Gasteiger partial charge in [0.1, 0.15) is 0 Å². The molecule has 15 heavy (non-hydrogen) atoms. The van der Waals surface area contributed by atoms with Crippen LogP contribution in [0.25, 0.3) is 0 Å². The number of carbonyl (C=O) groups excluding carboxylic acids is 3. The quantitative estimate of drug-likeness (QED) is 0.391. The molecular weight excluding hydrogens is 198 g/mol. The van der Waals surface area contributed by atoms with Gasteiger partial charge in [0.2, 0.25) is 11.8 Å². The zero-order valence-electron chi connectivity index (χ0n) is 9.00. The third-order valence-corrected chi connectivity index (χ3v) is 0.858. The van der Waals surface area contributed by atoms with E-state index in [0.717, 1.165) is 0 Å². The van der Waals surface area contributed by atoms with E-state index in [2.05, 4.69) is 23.4 Å². The van der Waals surface area contributed by atoms with Gasteiger partial charge in [-0.3, -0.25) is 14.9 Å². The van der Waals surface area contributed by atoms with Gasteiger partial charge in [-0.15, -0.1) is 6.58 Å². The second kappa shape index (κ2) is 8.74. The average molecular weight is 215 g/mol. The van der Waals surface area contributed by atoms with E-state index in [1.807, 2.05) is 13.8 Å². The Morgan fingerprint density at radius 1 is 1.20 bits per heavy atom. The monoisotopic (exact) mass is 215 g/mol. The van der Waals surface area contributed by atoms with Crippen LogP contribution in [0.2, 0.25) is 0 Å². The van der Waals surface area contributed by atoms with E-state index < -0.39 is 6.03 Å². The number of allylic oxidation sites excluding steroid dienone is 1. The third-order valence-electron chi connectivity index (χ3n) is 0.858. The van der Waals surface area contributed by atoms with Gasteiger partial charge < -0.3 is 11.5 Å². The van der Waals surface area contributed by atoms with Crippen molar-refractivity contribution in [3.8, 4) is 0 Å². The number of nitrogens with two attached hydrogens (primary N) is 2. The van der Waals surface area contributed by atoms with Crippen LogP contribution in [0.4, 0.5) is 4.79 Å². The van der Waals surface area contributed by atoms with Crippen LogP contribution in [0.15, 0.2) is 12.2 Å². The highest BCUT2D eigenvalue weighted by Crippen LogP contribution is 1.95. The van der Waals surface area contributed by atoms with Gasteiger partial charge in [0.15, 0.2) is 0 Å². The van der Waals surface area contributed by atoms with Gasteiger partial charge in [-0.05, 0) is 13.8 Å². The Balaban J connectivity index is 0. The van der Waals surface area contributed by atoms with Crippen molar-refractivity contribution in [3.63, 3.8) is 0 Å². The number of hydrogen-bond donors (Lipinski definition) is 3. The summed E-state index contributed by atoms with van der Waals surface area (Å²) < 4.78 is 0. The maximum absolute atomic E-state index is 10.1. The van der Waals surface area contributed by atoms with Crippen LogP contribution in [-0.2, 0) is 9.59 Å². The number of amides is 4. The van der Waals surface area contributed by atoms with Crippen LogP contribution in [0.1, 0.15) is 26.7 Å². The van der Waals surface area contributed by atoms with Crippen molar-refractivity contribution in [1.29, 1.82) is 0 Å². The first-order valence-corrected chi connectivity index (χ1v) is 4.25. The van der Waals surface area contributed by atoms with Crippen molar-refractivity contribution in [3.05, 3.63) is 12.2 Å². The minimum Gasteiger partial charge on any atom is -0.352 e. The van der Waals surface area contributed by atoms with Gasteiger partial charge in [-0.25, -0.2) is 4.79 Å². The lowest BCUT2D eigenvalue weighted by Crippen LogP contribution is -2.18. The number of carbonyl (C=O) groups is 3. The molecule has 0 saturated carbocycles. The fourth-order valence-corrected chi connectivity index (χ4v) is 0.508. The van der Waals surface area contributed by atoms with E-state index in [9.17, 15) is 9.59 Å². The number of urea groups is 1. The minimum atomic E-state index is -0.833. The highest BCUT2D eigenvalue weighted by Gasteiger charge is 2.15. The summed E-state index contributed by atoms with van der Waals surface area (Å²) in [7, 11) is 0. The molecule has 0 aromatic heterocycles. The summed E-state index contributed by atoms with van der Waals surface area (Å²) in [5.41, 5.74) is 9.67. The van der Waals surface area contributed by atoms with Gasteiger partial charge >= 0.3 is 6.03 Å². The summed E-state index contributed by atoms with van der Waals surface area (Å²) in [4.78, 5) is 29.2. The molecule has 1 rings (SSSR count). The van der Waals surface area contributed by atoms with Gasteiger partial charge in [0, 0.05) is 12.8 Å². The summed E-state index contributed by atoms with van der Waals surface area (Å²) in [6.45, 7) is 7.50. The van der Waals surface area contributed by atoms with Crippen LogP contribution in [0.5, 0.6) is 0 Å². The van der Waals surface area contributed by atoms with Gasteiger partial charge in [-0.2, -0.15) is 0 Å². The molecule has 0 atom stereocenters. The standard InChI is InChI=1S/C4H5NO2.C4H8.CH4N2O/c6-3-1-2-4(7)5-3;1-4(2)3;2-1(3)4/h1-2H2,(H,5,6,7);1H2,2-3H3;(H4,2,3,4). The van der Waals surface area contributed by atoms with Crippen LogP contribution < -0.4 is 16.8 Å². The van der Waals surface area contributed by atoms with E-state index in [1.165, 1.54) is 5.57 Å². The van der Waals surface area contributed by atoms with E-state index >= 15 is 0 Å². The summed E-state index contributed by atoms with van der Waals surface area (Å²) in [5.74, 6) is -0.296. The first kappa shape index (κ1) is 15.6. The maximum Gasteiger partial charge on any atom is 0.309 e. The molecule has 1 heterocycles. The van der Waals surface area contributed by atoms with Crippen LogP contribution in [0.3, 0.4) is 0 Å². The molecule has 0 aromatic carbocycles. The predicted molar refractivity (Wildman–Crippen MR) is 56.6 cm³/mol. The number of imide groups is 1. The molecule has 6 heteroatoms. The Morgan fingerprint density at radius 2 is 1.40 bits per heavy atom.